The molecule has 0 saturated heterocycles. The lowest BCUT2D eigenvalue weighted by Crippen LogP contribution is -2.28. The quantitative estimate of drug-likeness (QED) is 0.507. The van der Waals surface area contributed by atoms with Crippen molar-refractivity contribution in [3.63, 3.8) is 0 Å². The van der Waals surface area contributed by atoms with Gasteiger partial charge in [0.2, 0.25) is 0 Å². The monoisotopic (exact) mass is 230 g/mol. The molecule has 5 heteroatoms. The highest BCUT2D eigenvalue weighted by Crippen LogP contribution is 2.19. The Hall–Kier alpha value is -2.30. The van der Waals surface area contributed by atoms with Crippen LogP contribution in [0.2, 0.25) is 0 Å². The molecule has 0 bridgehead atoms. The number of aliphatic imine (C=N–C) groups is 1. The highest BCUT2D eigenvalue weighted by atomic mass is 16.1. The number of nitrogens with two attached hydrogens (primary N) is 1. The van der Waals surface area contributed by atoms with E-state index in [-0.39, 0.29) is 11.9 Å². The molecule has 0 aliphatic heterocycles. The number of carbonyl (C=O) groups excluding carboxylic acids is 1. The first-order chi connectivity index (χ1) is 8.11. The van der Waals surface area contributed by atoms with Gasteiger partial charge in [0, 0.05) is 18.0 Å². The number of aromatic amines is 1. The summed E-state index contributed by atoms with van der Waals surface area (Å²) >= 11 is 0. The zero-order valence-electron chi connectivity index (χ0n) is 9.74. The van der Waals surface area contributed by atoms with E-state index in [2.05, 4.69) is 15.3 Å². The number of nitrogens with one attached hydrogen (secondary N) is 2. The molecule has 4 N–H and O–H groups in total. The zero-order valence-corrected chi connectivity index (χ0v) is 9.74. The number of hydrogen-bond donors (Lipinski definition) is 3. The zero-order chi connectivity index (χ0) is 12.4. The summed E-state index contributed by atoms with van der Waals surface area (Å²) in [5.41, 5.74) is 7.91. The summed E-state index contributed by atoms with van der Waals surface area (Å²) in [6, 6.07) is 7.65. The molecular formula is C12H14N4O. The molecule has 0 saturated carbocycles. The highest BCUT2D eigenvalue weighted by Gasteiger charge is 2.09. The first-order valence-electron chi connectivity index (χ1n) is 5.26. The van der Waals surface area contributed by atoms with Crippen LogP contribution in [0.3, 0.4) is 0 Å². The van der Waals surface area contributed by atoms with E-state index >= 15 is 0 Å². The third kappa shape index (κ3) is 2.13. The molecule has 0 fully saturated rings. The second kappa shape index (κ2) is 4.29. The Bertz CT molecular complexity index is 598. The molecular weight excluding hydrogens is 216 g/mol. The summed E-state index contributed by atoms with van der Waals surface area (Å²) in [5.74, 6) is -0.280. The summed E-state index contributed by atoms with van der Waals surface area (Å²) in [6.45, 7) is 2.00. The van der Waals surface area contributed by atoms with Crippen molar-refractivity contribution >= 4 is 22.8 Å². The first kappa shape index (κ1) is 11.2. The van der Waals surface area contributed by atoms with Gasteiger partial charge in [-0.25, -0.2) is 0 Å². The number of rotatable bonds is 1. The number of aromatic nitrogens is 1. The number of H-pyrrole nitrogens is 1. The van der Waals surface area contributed by atoms with Crippen LogP contribution in [0.4, 0.5) is 0 Å². The Morgan fingerprint density at radius 1 is 1.47 bits per heavy atom. The molecule has 88 valence electrons. The average Bonchev–Trinajstić information content (AvgIpc) is 2.74. The van der Waals surface area contributed by atoms with Crippen LogP contribution in [0.25, 0.3) is 10.9 Å². The number of aryl methyl sites for hydroxylation is 1. The maximum Gasteiger partial charge on any atom is 0.296 e. The average molecular weight is 230 g/mol. The maximum absolute atomic E-state index is 11.8. The predicted molar refractivity (Wildman–Crippen MR) is 68.0 cm³/mol. The molecule has 1 aromatic carbocycles. The first-order valence-corrected chi connectivity index (χ1v) is 5.26. The molecule has 1 aromatic heterocycles. The minimum Gasteiger partial charge on any atom is -0.370 e. The smallest absolute Gasteiger partial charge is 0.296 e. The van der Waals surface area contributed by atoms with E-state index in [1.807, 2.05) is 25.1 Å². The lowest BCUT2D eigenvalue weighted by atomic mass is 10.1. The fourth-order valence-corrected chi connectivity index (χ4v) is 1.65. The lowest BCUT2D eigenvalue weighted by molar-refractivity contribution is 0.0998. The summed E-state index contributed by atoms with van der Waals surface area (Å²) in [7, 11) is 1.61. The van der Waals surface area contributed by atoms with Crippen molar-refractivity contribution in [2.75, 3.05) is 7.05 Å². The molecule has 0 unspecified atom stereocenters. The van der Waals surface area contributed by atoms with E-state index in [0.29, 0.717) is 5.69 Å². The van der Waals surface area contributed by atoms with Gasteiger partial charge in [-0.05, 0) is 24.6 Å². The van der Waals surface area contributed by atoms with Crippen molar-refractivity contribution in [2.24, 2.45) is 10.7 Å². The van der Waals surface area contributed by atoms with Gasteiger partial charge >= 0.3 is 0 Å². The van der Waals surface area contributed by atoms with E-state index in [9.17, 15) is 4.79 Å². The number of benzene rings is 1. The van der Waals surface area contributed by atoms with Crippen LogP contribution >= 0.6 is 0 Å². The molecule has 1 amide bonds. The second-order valence-electron chi connectivity index (χ2n) is 3.77. The van der Waals surface area contributed by atoms with Crippen LogP contribution in [-0.4, -0.2) is 23.9 Å². The summed E-state index contributed by atoms with van der Waals surface area (Å²) in [5, 5.41) is 3.63. The fourth-order valence-electron chi connectivity index (χ4n) is 1.65. The molecule has 0 atom stereocenters. The van der Waals surface area contributed by atoms with Crippen molar-refractivity contribution in [2.45, 2.75) is 6.92 Å². The number of fused-ring (bicyclic) bond motifs is 1. The molecule has 0 spiro atoms. The van der Waals surface area contributed by atoms with Gasteiger partial charge in [-0.1, -0.05) is 12.1 Å². The standard InChI is InChI=1S/C12H14N4O/c1-7-4-3-5-9-8(7)6-10(15-9)11(17)16-12(13)14-2/h3-6,15H,1-2H3,(H3,13,14,16,17). The number of hydrogen-bond acceptors (Lipinski definition) is 1. The molecule has 5 nitrogen and oxygen atoms in total. The van der Waals surface area contributed by atoms with Gasteiger partial charge in [-0.2, -0.15) is 4.99 Å². The van der Waals surface area contributed by atoms with Crippen LogP contribution in [0.1, 0.15) is 16.1 Å². The Morgan fingerprint density at radius 3 is 2.88 bits per heavy atom. The summed E-state index contributed by atoms with van der Waals surface area (Å²) < 4.78 is 0. The third-order valence-electron chi connectivity index (χ3n) is 2.59. The molecule has 1 heterocycles. The maximum atomic E-state index is 11.8. The van der Waals surface area contributed by atoms with E-state index < -0.39 is 0 Å². The molecule has 2 aromatic rings. The van der Waals surface area contributed by atoms with E-state index in [0.717, 1.165) is 16.5 Å². The van der Waals surface area contributed by atoms with Crippen LogP contribution in [0.15, 0.2) is 29.3 Å². The number of nitrogens with zero attached hydrogens (tertiary/aromatic N) is 1. The molecule has 0 radical (unpaired) electrons. The van der Waals surface area contributed by atoms with E-state index in [4.69, 9.17) is 5.73 Å². The predicted octanol–water partition coefficient (Wildman–Crippen LogP) is 1.15. The molecule has 2 rings (SSSR count). The van der Waals surface area contributed by atoms with Gasteiger partial charge in [0.25, 0.3) is 5.91 Å². The second-order valence-corrected chi connectivity index (χ2v) is 3.77. The Labute approximate surface area is 98.7 Å². The molecule has 0 aliphatic rings. The van der Waals surface area contributed by atoms with Crippen molar-refractivity contribution in [1.29, 1.82) is 0 Å². The van der Waals surface area contributed by atoms with Crippen molar-refractivity contribution in [1.82, 2.24) is 10.3 Å². The van der Waals surface area contributed by atoms with Gasteiger partial charge in [-0.15, -0.1) is 0 Å². The lowest BCUT2D eigenvalue weighted by Gasteiger charge is -1.95. The Balaban J connectivity index is 2.44. The largest absolute Gasteiger partial charge is 0.370 e. The molecule has 17 heavy (non-hydrogen) atoms. The van der Waals surface area contributed by atoms with Gasteiger partial charge in [0.05, 0.1) is 0 Å². The van der Waals surface area contributed by atoms with Gasteiger partial charge < -0.3 is 16.0 Å². The van der Waals surface area contributed by atoms with Gasteiger partial charge in [-0.3, -0.25) is 4.79 Å². The van der Waals surface area contributed by atoms with E-state index in [1.54, 1.807) is 13.1 Å². The van der Waals surface area contributed by atoms with Crippen molar-refractivity contribution in [3.8, 4) is 0 Å². The topological polar surface area (TPSA) is 83.3 Å². The SMILES string of the molecule is CNC(N)=NC(=O)c1cc2c(C)cccc2[nH]1. The molecule has 0 aliphatic carbocycles. The highest BCUT2D eigenvalue weighted by molar-refractivity contribution is 6.04. The number of guanidine groups is 1. The fraction of sp³-hybridized carbons (Fsp3) is 0.167. The summed E-state index contributed by atoms with van der Waals surface area (Å²) in [4.78, 5) is 18.5. The third-order valence-corrected chi connectivity index (χ3v) is 2.59. The van der Waals surface area contributed by atoms with Crippen LogP contribution in [-0.2, 0) is 0 Å². The number of amides is 1. The normalized spacial score (nSPS) is 11.8. The minimum atomic E-state index is -0.382. The van der Waals surface area contributed by atoms with E-state index in [1.165, 1.54) is 0 Å². The van der Waals surface area contributed by atoms with Gasteiger partial charge in [0.15, 0.2) is 5.96 Å². The Kier molecular flexibility index (Phi) is 2.82. The van der Waals surface area contributed by atoms with Crippen LogP contribution in [0.5, 0.6) is 0 Å². The van der Waals surface area contributed by atoms with Crippen LogP contribution < -0.4 is 11.1 Å². The number of carbonyl (C=O) groups is 1. The van der Waals surface area contributed by atoms with Gasteiger partial charge in [0.1, 0.15) is 5.69 Å². The van der Waals surface area contributed by atoms with Crippen molar-refractivity contribution in [3.05, 3.63) is 35.5 Å². The van der Waals surface area contributed by atoms with Crippen molar-refractivity contribution < 1.29 is 4.79 Å². The van der Waals surface area contributed by atoms with Crippen LogP contribution in [0, 0.1) is 6.92 Å². The minimum absolute atomic E-state index is 0.102. The summed E-state index contributed by atoms with van der Waals surface area (Å²) in [6.07, 6.45) is 0. The Morgan fingerprint density at radius 2 is 2.24 bits per heavy atom.